The summed E-state index contributed by atoms with van der Waals surface area (Å²) in [5, 5.41) is 0. The predicted molar refractivity (Wildman–Crippen MR) is 62.0 cm³/mol. The molecule has 2 heterocycles. The molecule has 0 radical (unpaired) electrons. The molecular weight excluding hydrogens is 204 g/mol. The van der Waals surface area contributed by atoms with Crippen molar-refractivity contribution in [3.8, 4) is 0 Å². The van der Waals surface area contributed by atoms with E-state index in [1.807, 2.05) is 6.92 Å². The Kier molecular flexibility index (Phi) is 3.63. The molecule has 1 unspecified atom stereocenters. The lowest BCUT2D eigenvalue weighted by molar-refractivity contribution is 0.107. The van der Waals surface area contributed by atoms with Gasteiger partial charge in [-0.05, 0) is 19.4 Å². The summed E-state index contributed by atoms with van der Waals surface area (Å²) in [5.74, 6) is 1.86. The fraction of sp³-hybridized carbons (Fsp3) is 0.667. The van der Waals surface area contributed by atoms with Gasteiger partial charge in [0.2, 0.25) is 0 Å². The summed E-state index contributed by atoms with van der Waals surface area (Å²) in [5.41, 5.74) is 6.80. The van der Waals surface area contributed by atoms with Crippen LogP contribution in [-0.4, -0.2) is 31.2 Å². The maximum absolute atomic E-state index is 5.56. The average molecular weight is 224 g/mol. The highest BCUT2D eigenvalue weighted by Crippen LogP contribution is 2.20. The van der Waals surface area contributed by atoms with Crippen molar-refractivity contribution in [2.45, 2.75) is 32.5 Å². The summed E-state index contributed by atoms with van der Waals surface area (Å²) < 4.78 is 10.9. The number of nitrogens with zero attached hydrogens (tertiary/aromatic N) is 1. The van der Waals surface area contributed by atoms with Crippen LogP contribution in [-0.2, 0) is 17.8 Å². The first-order valence-electron chi connectivity index (χ1n) is 5.76. The number of nitrogens with two attached hydrogens (primary N) is 1. The monoisotopic (exact) mass is 224 g/mol. The summed E-state index contributed by atoms with van der Waals surface area (Å²) in [6, 6.07) is 2.06. The maximum Gasteiger partial charge on any atom is 0.118 e. The first-order valence-corrected chi connectivity index (χ1v) is 5.76. The van der Waals surface area contributed by atoms with Crippen LogP contribution in [0.4, 0.5) is 0 Å². The third-order valence-electron chi connectivity index (χ3n) is 3.23. The molecule has 0 bridgehead atoms. The molecule has 0 saturated carbocycles. The molecule has 1 saturated heterocycles. The van der Waals surface area contributed by atoms with E-state index in [1.165, 1.54) is 5.56 Å². The minimum atomic E-state index is 0.390. The highest BCUT2D eigenvalue weighted by molar-refractivity contribution is 5.20. The summed E-state index contributed by atoms with van der Waals surface area (Å²) in [7, 11) is 1.78. The van der Waals surface area contributed by atoms with Crippen molar-refractivity contribution in [3.05, 3.63) is 23.2 Å². The minimum Gasteiger partial charge on any atom is -0.465 e. The van der Waals surface area contributed by atoms with Gasteiger partial charge in [0, 0.05) is 32.3 Å². The van der Waals surface area contributed by atoms with E-state index in [9.17, 15) is 0 Å². The smallest absolute Gasteiger partial charge is 0.118 e. The van der Waals surface area contributed by atoms with Crippen LogP contribution in [0.25, 0.3) is 0 Å². The summed E-state index contributed by atoms with van der Waals surface area (Å²) >= 11 is 0. The van der Waals surface area contributed by atoms with Gasteiger partial charge in [-0.15, -0.1) is 0 Å². The van der Waals surface area contributed by atoms with Gasteiger partial charge in [-0.2, -0.15) is 0 Å². The van der Waals surface area contributed by atoms with E-state index in [4.69, 9.17) is 14.9 Å². The van der Waals surface area contributed by atoms with Gasteiger partial charge in [-0.3, -0.25) is 4.90 Å². The number of hydrogen-bond donors (Lipinski definition) is 1. The molecular formula is C12H20N2O2. The lowest BCUT2D eigenvalue weighted by Gasteiger charge is -2.14. The van der Waals surface area contributed by atoms with Crippen molar-refractivity contribution in [1.29, 1.82) is 0 Å². The molecule has 4 nitrogen and oxygen atoms in total. The first-order chi connectivity index (χ1) is 7.72. The maximum atomic E-state index is 5.56. The van der Waals surface area contributed by atoms with Crippen LogP contribution >= 0.6 is 0 Å². The Morgan fingerprint density at radius 1 is 1.62 bits per heavy atom. The molecule has 1 atom stereocenters. The molecule has 0 amide bonds. The van der Waals surface area contributed by atoms with Gasteiger partial charge in [0.05, 0.1) is 12.6 Å². The summed E-state index contributed by atoms with van der Waals surface area (Å²) in [6.45, 7) is 5.52. The van der Waals surface area contributed by atoms with Crippen LogP contribution in [0.3, 0.4) is 0 Å². The average Bonchev–Trinajstić information content (AvgIpc) is 2.87. The van der Waals surface area contributed by atoms with E-state index in [2.05, 4.69) is 11.0 Å². The Hall–Kier alpha value is -0.840. The van der Waals surface area contributed by atoms with Crippen LogP contribution in [0, 0.1) is 6.92 Å². The quantitative estimate of drug-likeness (QED) is 0.836. The van der Waals surface area contributed by atoms with Crippen LogP contribution in [0.15, 0.2) is 10.5 Å². The largest absolute Gasteiger partial charge is 0.465 e. The van der Waals surface area contributed by atoms with Crippen molar-refractivity contribution >= 4 is 0 Å². The number of likely N-dealkylation sites (tertiary alicyclic amines) is 1. The highest BCUT2D eigenvalue weighted by atomic mass is 16.5. The second-order valence-corrected chi connectivity index (χ2v) is 4.38. The Labute approximate surface area is 96.4 Å². The van der Waals surface area contributed by atoms with E-state index >= 15 is 0 Å². The molecule has 90 valence electrons. The van der Waals surface area contributed by atoms with Gasteiger partial charge in [0.1, 0.15) is 11.5 Å². The summed E-state index contributed by atoms with van der Waals surface area (Å²) in [6.07, 6.45) is 1.51. The van der Waals surface area contributed by atoms with Gasteiger partial charge < -0.3 is 14.9 Å². The zero-order valence-corrected chi connectivity index (χ0v) is 10.0. The Bertz CT molecular complexity index is 349. The van der Waals surface area contributed by atoms with Gasteiger partial charge in [-0.25, -0.2) is 0 Å². The molecule has 0 spiro atoms. The molecule has 2 N–H and O–H groups in total. The van der Waals surface area contributed by atoms with Crippen LogP contribution < -0.4 is 5.73 Å². The van der Waals surface area contributed by atoms with E-state index in [0.29, 0.717) is 12.6 Å². The molecule has 2 rings (SSSR count). The first kappa shape index (κ1) is 11.6. The van der Waals surface area contributed by atoms with Crippen molar-refractivity contribution in [2.24, 2.45) is 5.73 Å². The predicted octanol–water partition coefficient (Wildman–Crippen LogP) is 1.27. The SMILES string of the molecule is COC1CCN(Cc2cc(CN)oc2C)C1. The van der Waals surface area contributed by atoms with Gasteiger partial charge in [0.25, 0.3) is 0 Å². The van der Waals surface area contributed by atoms with Crippen molar-refractivity contribution in [2.75, 3.05) is 20.2 Å². The lowest BCUT2D eigenvalue weighted by Crippen LogP contribution is -2.22. The van der Waals surface area contributed by atoms with Gasteiger partial charge >= 0.3 is 0 Å². The van der Waals surface area contributed by atoms with Crippen LogP contribution in [0.2, 0.25) is 0 Å². The second kappa shape index (κ2) is 4.99. The van der Waals surface area contributed by atoms with E-state index in [0.717, 1.165) is 37.6 Å². The zero-order chi connectivity index (χ0) is 11.5. The summed E-state index contributed by atoms with van der Waals surface area (Å²) in [4.78, 5) is 2.40. The number of rotatable bonds is 4. The fourth-order valence-corrected chi connectivity index (χ4v) is 2.22. The number of aryl methyl sites for hydroxylation is 1. The highest BCUT2D eigenvalue weighted by Gasteiger charge is 2.22. The Balaban J connectivity index is 1.96. The van der Waals surface area contributed by atoms with E-state index in [1.54, 1.807) is 7.11 Å². The van der Waals surface area contributed by atoms with Gasteiger partial charge in [-0.1, -0.05) is 0 Å². The number of hydrogen-bond acceptors (Lipinski definition) is 4. The number of ether oxygens (including phenoxy) is 1. The van der Waals surface area contributed by atoms with Crippen LogP contribution in [0.5, 0.6) is 0 Å². The number of methoxy groups -OCH3 is 1. The van der Waals surface area contributed by atoms with Crippen molar-refractivity contribution in [3.63, 3.8) is 0 Å². The topological polar surface area (TPSA) is 51.6 Å². The molecule has 1 aromatic rings. The molecule has 0 aromatic carbocycles. The normalized spacial score (nSPS) is 21.8. The van der Waals surface area contributed by atoms with Crippen LogP contribution in [0.1, 0.15) is 23.5 Å². The lowest BCUT2D eigenvalue weighted by atomic mass is 10.2. The number of furan rings is 1. The standard InChI is InChI=1S/C12H20N2O2/c1-9-10(5-12(6-13)16-9)7-14-4-3-11(8-14)15-2/h5,11H,3-4,6-8,13H2,1-2H3. The second-order valence-electron chi connectivity index (χ2n) is 4.38. The fourth-order valence-electron chi connectivity index (χ4n) is 2.22. The molecule has 16 heavy (non-hydrogen) atoms. The molecule has 1 aromatic heterocycles. The Morgan fingerprint density at radius 3 is 3.00 bits per heavy atom. The molecule has 4 heteroatoms. The van der Waals surface area contributed by atoms with E-state index < -0.39 is 0 Å². The van der Waals surface area contributed by atoms with Crippen molar-refractivity contribution in [1.82, 2.24) is 4.90 Å². The van der Waals surface area contributed by atoms with Gasteiger partial charge in [0.15, 0.2) is 0 Å². The molecule has 1 aliphatic heterocycles. The molecule has 0 aliphatic carbocycles. The van der Waals surface area contributed by atoms with Crippen molar-refractivity contribution < 1.29 is 9.15 Å². The Morgan fingerprint density at radius 2 is 2.44 bits per heavy atom. The molecule has 1 aliphatic rings. The van der Waals surface area contributed by atoms with E-state index in [-0.39, 0.29) is 0 Å². The third kappa shape index (κ3) is 2.45. The zero-order valence-electron chi connectivity index (χ0n) is 10.0. The minimum absolute atomic E-state index is 0.390. The molecule has 1 fully saturated rings. The third-order valence-corrected chi connectivity index (χ3v) is 3.23.